The number of morpholine rings is 1. The second kappa shape index (κ2) is 5.89. The van der Waals surface area contributed by atoms with Gasteiger partial charge < -0.3 is 14.8 Å². The van der Waals surface area contributed by atoms with Gasteiger partial charge in [-0.2, -0.15) is 0 Å². The number of anilines is 1. The summed E-state index contributed by atoms with van der Waals surface area (Å²) in [7, 11) is 0. The molecule has 0 radical (unpaired) electrons. The molecule has 1 amide bonds. The Labute approximate surface area is 131 Å². The fourth-order valence-corrected chi connectivity index (χ4v) is 3.05. The van der Waals surface area contributed by atoms with Gasteiger partial charge in [0.05, 0.1) is 18.8 Å². The number of rotatable bonds is 3. The van der Waals surface area contributed by atoms with Crippen LogP contribution in [0.5, 0.6) is 5.75 Å². The van der Waals surface area contributed by atoms with Gasteiger partial charge in [0.1, 0.15) is 11.9 Å². The van der Waals surface area contributed by atoms with Crippen molar-refractivity contribution in [3.8, 4) is 5.75 Å². The second-order valence-electron chi connectivity index (χ2n) is 6.57. The Kier molecular flexibility index (Phi) is 4.10. The van der Waals surface area contributed by atoms with Gasteiger partial charge in [0.25, 0.3) is 0 Å². The molecule has 22 heavy (non-hydrogen) atoms. The summed E-state index contributed by atoms with van der Waals surface area (Å²) in [6.45, 7) is 8.93. The lowest BCUT2D eigenvalue weighted by atomic mass is 10.0. The number of nitrogens with zero attached hydrogens (tertiary/aromatic N) is 1. The van der Waals surface area contributed by atoms with Gasteiger partial charge in [-0.1, -0.05) is 0 Å². The van der Waals surface area contributed by atoms with E-state index in [0.29, 0.717) is 13.2 Å². The lowest BCUT2D eigenvalue weighted by molar-refractivity contribution is -0.129. The SMILES string of the molecule is CC1Cc2cc(NC(=O)C(C)(C)N3CCOCC3)ccc2O1. The summed E-state index contributed by atoms with van der Waals surface area (Å²) in [5.41, 5.74) is 1.45. The number of carbonyl (C=O) groups is 1. The molecule has 1 unspecified atom stereocenters. The van der Waals surface area contributed by atoms with Gasteiger partial charge in [-0.25, -0.2) is 0 Å². The van der Waals surface area contributed by atoms with Crippen LogP contribution in [-0.2, 0) is 16.0 Å². The zero-order chi connectivity index (χ0) is 15.7. The summed E-state index contributed by atoms with van der Waals surface area (Å²) in [6.07, 6.45) is 1.11. The average molecular weight is 304 g/mol. The zero-order valence-electron chi connectivity index (χ0n) is 13.5. The summed E-state index contributed by atoms with van der Waals surface area (Å²) in [5.74, 6) is 0.944. The van der Waals surface area contributed by atoms with Gasteiger partial charge in [-0.15, -0.1) is 0 Å². The fraction of sp³-hybridized carbons (Fsp3) is 0.588. The third kappa shape index (κ3) is 2.96. The molecule has 0 aromatic heterocycles. The van der Waals surface area contributed by atoms with E-state index in [0.717, 1.165) is 36.5 Å². The Balaban J connectivity index is 1.70. The molecule has 120 valence electrons. The van der Waals surface area contributed by atoms with Crippen LogP contribution in [0.4, 0.5) is 5.69 Å². The number of ether oxygens (including phenoxy) is 2. The maximum Gasteiger partial charge on any atom is 0.244 e. The van der Waals surface area contributed by atoms with Crippen LogP contribution in [0.2, 0.25) is 0 Å². The number of fused-ring (bicyclic) bond motifs is 1. The first kappa shape index (κ1) is 15.3. The van der Waals surface area contributed by atoms with Crippen molar-refractivity contribution in [2.45, 2.75) is 38.8 Å². The van der Waals surface area contributed by atoms with Crippen molar-refractivity contribution in [1.29, 1.82) is 0 Å². The smallest absolute Gasteiger partial charge is 0.244 e. The molecule has 0 bridgehead atoms. The van der Waals surface area contributed by atoms with Crippen LogP contribution < -0.4 is 10.1 Å². The van der Waals surface area contributed by atoms with Crippen molar-refractivity contribution >= 4 is 11.6 Å². The maximum absolute atomic E-state index is 12.7. The van der Waals surface area contributed by atoms with Gasteiger partial charge in [0.2, 0.25) is 5.91 Å². The number of carbonyl (C=O) groups excluding carboxylic acids is 1. The lowest BCUT2D eigenvalue weighted by Gasteiger charge is -2.39. The van der Waals surface area contributed by atoms with Crippen molar-refractivity contribution < 1.29 is 14.3 Å². The van der Waals surface area contributed by atoms with Crippen molar-refractivity contribution in [2.75, 3.05) is 31.6 Å². The van der Waals surface area contributed by atoms with Gasteiger partial charge in [-0.3, -0.25) is 9.69 Å². The van der Waals surface area contributed by atoms with E-state index in [-0.39, 0.29) is 12.0 Å². The number of hydrogen-bond donors (Lipinski definition) is 1. The molecule has 5 nitrogen and oxygen atoms in total. The molecule has 2 aliphatic rings. The maximum atomic E-state index is 12.7. The number of nitrogens with one attached hydrogen (secondary N) is 1. The third-order valence-electron chi connectivity index (χ3n) is 4.51. The Morgan fingerprint density at radius 3 is 2.77 bits per heavy atom. The van der Waals surface area contributed by atoms with Gasteiger partial charge in [0.15, 0.2) is 0 Å². The first-order chi connectivity index (χ1) is 10.5. The van der Waals surface area contributed by atoms with E-state index in [4.69, 9.17) is 9.47 Å². The minimum Gasteiger partial charge on any atom is -0.490 e. The number of hydrogen-bond acceptors (Lipinski definition) is 4. The Morgan fingerprint density at radius 2 is 2.05 bits per heavy atom. The van der Waals surface area contributed by atoms with Crippen LogP contribution in [0.1, 0.15) is 26.3 Å². The topological polar surface area (TPSA) is 50.8 Å². The van der Waals surface area contributed by atoms with Crippen molar-refractivity contribution in [1.82, 2.24) is 4.90 Å². The van der Waals surface area contributed by atoms with E-state index >= 15 is 0 Å². The van der Waals surface area contributed by atoms with Crippen molar-refractivity contribution in [3.63, 3.8) is 0 Å². The van der Waals surface area contributed by atoms with Crippen LogP contribution in [-0.4, -0.2) is 48.8 Å². The predicted molar refractivity (Wildman–Crippen MR) is 85.3 cm³/mol. The minimum absolute atomic E-state index is 0.0151. The molecule has 1 saturated heterocycles. The van der Waals surface area contributed by atoms with Crippen molar-refractivity contribution in [3.05, 3.63) is 23.8 Å². The summed E-state index contributed by atoms with van der Waals surface area (Å²) in [5, 5.41) is 3.05. The van der Waals surface area contributed by atoms with E-state index < -0.39 is 5.54 Å². The van der Waals surface area contributed by atoms with Gasteiger partial charge >= 0.3 is 0 Å². The zero-order valence-corrected chi connectivity index (χ0v) is 13.5. The summed E-state index contributed by atoms with van der Waals surface area (Å²) in [6, 6.07) is 5.87. The van der Waals surface area contributed by atoms with Crippen LogP contribution in [0.3, 0.4) is 0 Å². The molecule has 5 heteroatoms. The molecule has 3 rings (SSSR count). The van der Waals surface area contributed by atoms with Crippen LogP contribution in [0, 0.1) is 0 Å². The molecule has 0 aliphatic carbocycles. The van der Waals surface area contributed by atoms with E-state index in [1.165, 1.54) is 0 Å². The first-order valence-electron chi connectivity index (χ1n) is 7.90. The highest BCUT2D eigenvalue weighted by Crippen LogP contribution is 2.31. The molecular weight excluding hydrogens is 280 g/mol. The molecule has 1 aromatic rings. The van der Waals surface area contributed by atoms with E-state index in [9.17, 15) is 4.79 Å². The van der Waals surface area contributed by atoms with Crippen LogP contribution in [0.15, 0.2) is 18.2 Å². The van der Waals surface area contributed by atoms with Gasteiger partial charge in [-0.05, 0) is 44.5 Å². The highest BCUT2D eigenvalue weighted by molar-refractivity contribution is 5.97. The predicted octanol–water partition coefficient (Wildman–Crippen LogP) is 2.06. The highest BCUT2D eigenvalue weighted by atomic mass is 16.5. The lowest BCUT2D eigenvalue weighted by Crippen LogP contribution is -2.56. The molecule has 1 aromatic carbocycles. The standard InChI is InChI=1S/C17H24N2O3/c1-12-10-13-11-14(4-5-15(13)22-12)18-16(20)17(2,3)19-6-8-21-9-7-19/h4-5,11-12H,6-10H2,1-3H3,(H,18,20). The van der Waals surface area contributed by atoms with E-state index in [1.807, 2.05) is 32.0 Å². The Morgan fingerprint density at radius 1 is 1.32 bits per heavy atom. The summed E-state index contributed by atoms with van der Waals surface area (Å²) >= 11 is 0. The highest BCUT2D eigenvalue weighted by Gasteiger charge is 2.35. The molecule has 0 saturated carbocycles. The quantitative estimate of drug-likeness (QED) is 0.928. The summed E-state index contributed by atoms with van der Waals surface area (Å²) in [4.78, 5) is 14.8. The molecule has 1 fully saturated rings. The Bertz CT molecular complexity index is 565. The number of benzene rings is 1. The fourth-order valence-electron chi connectivity index (χ4n) is 3.05. The van der Waals surface area contributed by atoms with Crippen molar-refractivity contribution in [2.24, 2.45) is 0 Å². The monoisotopic (exact) mass is 304 g/mol. The average Bonchev–Trinajstić information content (AvgIpc) is 2.87. The third-order valence-corrected chi connectivity index (χ3v) is 4.51. The molecular formula is C17H24N2O3. The minimum atomic E-state index is -0.549. The molecule has 2 heterocycles. The number of amides is 1. The molecule has 1 atom stereocenters. The van der Waals surface area contributed by atoms with Crippen LogP contribution in [0.25, 0.3) is 0 Å². The van der Waals surface area contributed by atoms with Gasteiger partial charge in [0, 0.05) is 25.2 Å². The van der Waals surface area contributed by atoms with E-state index in [2.05, 4.69) is 17.1 Å². The van der Waals surface area contributed by atoms with E-state index in [1.54, 1.807) is 0 Å². The van der Waals surface area contributed by atoms with Crippen LogP contribution >= 0.6 is 0 Å². The molecule has 2 aliphatic heterocycles. The normalized spacial score (nSPS) is 22.0. The molecule has 0 spiro atoms. The second-order valence-corrected chi connectivity index (χ2v) is 6.57. The first-order valence-corrected chi connectivity index (χ1v) is 7.90. The summed E-state index contributed by atoms with van der Waals surface area (Å²) < 4.78 is 11.1. The molecule has 1 N–H and O–H groups in total. The Hall–Kier alpha value is -1.59. The largest absolute Gasteiger partial charge is 0.490 e.